The molecule has 0 saturated carbocycles. The van der Waals surface area contributed by atoms with Crippen molar-refractivity contribution in [2.24, 2.45) is 0 Å². The van der Waals surface area contributed by atoms with E-state index in [1.165, 1.54) is 14.2 Å². The molecule has 1 fully saturated rings. The largest absolute Gasteiger partial charge is 0.493 e. The van der Waals surface area contributed by atoms with Crippen LogP contribution in [0.25, 0.3) is 0 Å². The van der Waals surface area contributed by atoms with Crippen LogP contribution < -0.4 is 20.2 Å². The molecule has 1 heterocycles. The molecular formula is C22H25N3O5. The molecule has 0 spiro atoms. The maximum atomic E-state index is 12.8. The molecule has 2 N–H and O–H groups in total. The summed E-state index contributed by atoms with van der Waals surface area (Å²) in [4.78, 5) is 37.6. The highest BCUT2D eigenvalue weighted by molar-refractivity contribution is 6.07. The molecule has 1 atom stereocenters. The smallest absolute Gasteiger partial charge is 0.344 e. The minimum atomic E-state index is -1.08. The topological polar surface area (TPSA) is 97.0 Å². The number of carbonyl (C=O) groups is 3. The van der Waals surface area contributed by atoms with Gasteiger partial charge in [0.2, 0.25) is 5.91 Å². The third-order valence-electron chi connectivity index (χ3n) is 5.07. The van der Waals surface area contributed by atoms with Crippen molar-refractivity contribution in [3.05, 3.63) is 59.7 Å². The summed E-state index contributed by atoms with van der Waals surface area (Å²) in [6.07, 6.45) is 1.01. The maximum Gasteiger partial charge on any atom is 0.344 e. The van der Waals surface area contributed by atoms with E-state index in [9.17, 15) is 14.4 Å². The molecular weight excluding hydrogens is 386 g/mol. The first-order valence-corrected chi connectivity index (χ1v) is 9.57. The number of methoxy groups -OCH3 is 2. The summed E-state index contributed by atoms with van der Waals surface area (Å²) in [7, 11) is 3.03. The van der Waals surface area contributed by atoms with Crippen LogP contribution >= 0.6 is 0 Å². The minimum absolute atomic E-state index is 0.0296. The summed E-state index contributed by atoms with van der Waals surface area (Å²) < 4.78 is 10.4. The predicted molar refractivity (Wildman–Crippen MR) is 110 cm³/mol. The number of urea groups is 1. The summed E-state index contributed by atoms with van der Waals surface area (Å²) in [5.41, 5.74) is 3.05. The SMILES string of the molecule is COc1ccc(CC(=O)NN2C(=O)NC(C)(CCc3ccccc3)C2=O)cc1OC. The van der Waals surface area contributed by atoms with Crippen molar-refractivity contribution in [1.29, 1.82) is 0 Å². The van der Waals surface area contributed by atoms with E-state index in [1.807, 2.05) is 30.3 Å². The molecule has 0 aromatic heterocycles. The Hall–Kier alpha value is -3.55. The molecule has 8 heteroatoms. The normalized spacial score (nSPS) is 18.2. The Morgan fingerprint density at radius 3 is 2.40 bits per heavy atom. The van der Waals surface area contributed by atoms with E-state index >= 15 is 0 Å². The van der Waals surface area contributed by atoms with Crippen LogP contribution in [0.5, 0.6) is 11.5 Å². The number of hydrogen-bond acceptors (Lipinski definition) is 5. The van der Waals surface area contributed by atoms with Crippen molar-refractivity contribution in [2.45, 2.75) is 31.7 Å². The van der Waals surface area contributed by atoms with E-state index in [0.29, 0.717) is 29.9 Å². The van der Waals surface area contributed by atoms with Gasteiger partial charge < -0.3 is 14.8 Å². The fourth-order valence-corrected chi connectivity index (χ4v) is 3.33. The standard InChI is InChI=1S/C22H25N3O5/c1-22(12-11-15-7-5-4-6-8-15)20(27)25(21(28)23-22)24-19(26)14-16-9-10-17(29-2)18(13-16)30-3/h4-10,13H,11-12,14H2,1-3H3,(H,23,28)(H,24,26). The number of imide groups is 1. The highest BCUT2D eigenvalue weighted by Gasteiger charge is 2.48. The predicted octanol–water partition coefficient (Wildman–Crippen LogP) is 2.22. The average Bonchev–Trinajstić information content (AvgIpc) is 2.96. The lowest BCUT2D eigenvalue weighted by Gasteiger charge is -2.21. The number of benzene rings is 2. The highest BCUT2D eigenvalue weighted by Crippen LogP contribution is 2.28. The molecule has 8 nitrogen and oxygen atoms in total. The van der Waals surface area contributed by atoms with Crippen molar-refractivity contribution in [1.82, 2.24) is 15.8 Å². The van der Waals surface area contributed by atoms with E-state index in [4.69, 9.17) is 9.47 Å². The second kappa shape index (κ2) is 8.86. The fourth-order valence-electron chi connectivity index (χ4n) is 3.33. The molecule has 1 saturated heterocycles. The molecule has 1 aliphatic rings. The average molecular weight is 411 g/mol. The van der Waals surface area contributed by atoms with E-state index in [0.717, 1.165) is 10.6 Å². The molecule has 0 aliphatic carbocycles. The number of aryl methyl sites for hydroxylation is 1. The Morgan fingerprint density at radius 1 is 1.03 bits per heavy atom. The lowest BCUT2D eigenvalue weighted by atomic mass is 9.93. The minimum Gasteiger partial charge on any atom is -0.493 e. The lowest BCUT2D eigenvalue weighted by Crippen LogP contribution is -2.49. The molecule has 2 aromatic rings. The molecule has 0 bridgehead atoms. The second-order valence-electron chi connectivity index (χ2n) is 7.29. The van der Waals surface area contributed by atoms with Gasteiger partial charge in [-0.3, -0.25) is 15.0 Å². The third kappa shape index (κ3) is 4.53. The van der Waals surface area contributed by atoms with E-state index in [2.05, 4.69) is 10.7 Å². The van der Waals surface area contributed by atoms with Crippen molar-refractivity contribution in [3.63, 3.8) is 0 Å². The van der Waals surface area contributed by atoms with Crippen LogP contribution in [-0.2, 0) is 22.4 Å². The Kier molecular flexibility index (Phi) is 6.25. The van der Waals surface area contributed by atoms with Crippen LogP contribution in [0.15, 0.2) is 48.5 Å². The van der Waals surface area contributed by atoms with Crippen LogP contribution in [0.3, 0.4) is 0 Å². The molecule has 1 unspecified atom stereocenters. The van der Waals surface area contributed by atoms with Gasteiger partial charge in [-0.05, 0) is 43.0 Å². The van der Waals surface area contributed by atoms with Crippen molar-refractivity contribution < 1.29 is 23.9 Å². The van der Waals surface area contributed by atoms with E-state index in [1.54, 1.807) is 25.1 Å². The Balaban J connectivity index is 1.62. The van der Waals surface area contributed by atoms with Gasteiger partial charge in [0, 0.05) is 0 Å². The van der Waals surface area contributed by atoms with Gasteiger partial charge in [0.05, 0.1) is 20.6 Å². The van der Waals surface area contributed by atoms with Gasteiger partial charge in [0.25, 0.3) is 5.91 Å². The summed E-state index contributed by atoms with van der Waals surface area (Å²) in [6, 6.07) is 14.1. The number of hydrazine groups is 1. The van der Waals surface area contributed by atoms with Crippen molar-refractivity contribution in [3.8, 4) is 11.5 Å². The van der Waals surface area contributed by atoms with Crippen molar-refractivity contribution >= 4 is 17.8 Å². The maximum absolute atomic E-state index is 12.8. The summed E-state index contributed by atoms with van der Waals surface area (Å²) >= 11 is 0. The van der Waals surface area contributed by atoms with Gasteiger partial charge in [-0.25, -0.2) is 4.79 Å². The monoisotopic (exact) mass is 411 g/mol. The molecule has 4 amide bonds. The Labute approximate surface area is 175 Å². The first-order valence-electron chi connectivity index (χ1n) is 9.57. The number of nitrogens with one attached hydrogen (secondary N) is 2. The molecule has 0 radical (unpaired) electrons. The third-order valence-corrected chi connectivity index (χ3v) is 5.07. The number of hydrogen-bond donors (Lipinski definition) is 2. The van der Waals surface area contributed by atoms with Gasteiger partial charge >= 0.3 is 6.03 Å². The number of ether oxygens (including phenoxy) is 2. The second-order valence-corrected chi connectivity index (χ2v) is 7.29. The molecule has 3 rings (SSSR count). The van der Waals surface area contributed by atoms with Gasteiger partial charge in [0.1, 0.15) is 5.54 Å². The van der Waals surface area contributed by atoms with E-state index < -0.39 is 23.4 Å². The Morgan fingerprint density at radius 2 is 1.73 bits per heavy atom. The Bertz CT molecular complexity index is 947. The van der Waals surface area contributed by atoms with Crippen LogP contribution in [0.1, 0.15) is 24.5 Å². The lowest BCUT2D eigenvalue weighted by molar-refractivity contribution is -0.138. The number of nitrogens with zero attached hydrogens (tertiary/aromatic N) is 1. The van der Waals surface area contributed by atoms with Crippen LogP contribution in [0.4, 0.5) is 4.79 Å². The fraction of sp³-hybridized carbons (Fsp3) is 0.318. The summed E-state index contributed by atoms with van der Waals surface area (Å²) in [6.45, 7) is 1.66. The zero-order chi connectivity index (χ0) is 21.7. The first-order chi connectivity index (χ1) is 14.4. The number of carbonyl (C=O) groups excluding carboxylic acids is 3. The highest BCUT2D eigenvalue weighted by atomic mass is 16.5. The molecule has 2 aromatic carbocycles. The van der Waals surface area contributed by atoms with Gasteiger partial charge in [-0.15, -0.1) is 0 Å². The van der Waals surface area contributed by atoms with Gasteiger partial charge in [-0.1, -0.05) is 36.4 Å². The van der Waals surface area contributed by atoms with Crippen LogP contribution in [-0.4, -0.2) is 42.6 Å². The van der Waals surface area contributed by atoms with Crippen molar-refractivity contribution in [2.75, 3.05) is 14.2 Å². The summed E-state index contributed by atoms with van der Waals surface area (Å²) in [5, 5.41) is 3.45. The van der Waals surface area contributed by atoms with Gasteiger partial charge in [-0.2, -0.15) is 5.01 Å². The number of rotatable bonds is 8. The van der Waals surface area contributed by atoms with Crippen LogP contribution in [0.2, 0.25) is 0 Å². The van der Waals surface area contributed by atoms with Crippen LogP contribution in [0, 0.1) is 0 Å². The zero-order valence-electron chi connectivity index (χ0n) is 17.2. The quantitative estimate of drug-likeness (QED) is 0.650. The van der Waals surface area contributed by atoms with Gasteiger partial charge in [0.15, 0.2) is 11.5 Å². The molecule has 158 valence electrons. The van der Waals surface area contributed by atoms with E-state index in [-0.39, 0.29) is 6.42 Å². The first kappa shape index (κ1) is 21.2. The molecule has 1 aliphatic heterocycles. The number of amides is 4. The molecule has 30 heavy (non-hydrogen) atoms. The summed E-state index contributed by atoms with van der Waals surface area (Å²) in [5.74, 6) is 0.0679. The zero-order valence-corrected chi connectivity index (χ0v) is 17.2.